The quantitative estimate of drug-likeness (QED) is 0.540. The Morgan fingerprint density at radius 1 is 1.10 bits per heavy atom. The third-order valence-corrected chi connectivity index (χ3v) is 6.96. The van der Waals surface area contributed by atoms with Gasteiger partial charge in [0, 0.05) is 44.3 Å². The van der Waals surface area contributed by atoms with Crippen LogP contribution in [0.5, 0.6) is 0 Å². The van der Waals surface area contributed by atoms with Crippen LogP contribution >= 0.6 is 12.2 Å². The maximum atomic E-state index is 13.1. The molecule has 2 aromatic rings. The van der Waals surface area contributed by atoms with Gasteiger partial charge in [-0.15, -0.1) is 0 Å². The number of aromatic nitrogens is 1. The highest BCUT2D eigenvalue weighted by molar-refractivity contribution is 7.80. The lowest BCUT2D eigenvalue weighted by molar-refractivity contribution is -0.131. The van der Waals surface area contributed by atoms with Crippen molar-refractivity contribution in [2.45, 2.75) is 45.6 Å². The smallest absolute Gasteiger partial charge is 0.276 e. The molecule has 0 N–H and O–H groups in total. The van der Waals surface area contributed by atoms with Gasteiger partial charge in [0.25, 0.3) is 5.91 Å². The Bertz CT molecular complexity index is 1060. The summed E-state index contributed by atoms with van der Waals surface area (Å²) in [5, 5.41) is 1.54. The van der Waals surface area contributed by atoms with Crippen LogP contribution in [0, 0.1) is 0 Å². The van der Waals surface area contributed by atoms with E-state index in [1.54, 1.807) is 11.9 Å². The van der Waals surface area contributed by atoms with Crippen molar-refractivity contribution in [3.8, 4) is 0 Å². The van der Waals surface area contributed by atoms with Crippen molar-refractivity contribution < 1.29 is 9.59 Å². The predicted molar refractivity (Wildman–Crippen MR) is 127 cm³/mol. The van der Waals surface area contributed by atoms with Gasteiger partial charge < -0.3 is 14.4 Å². The fourth-order valence-electron chi connectivity index (χ4n) is 4.59. The minimum atomic E-state index is -0.110. The average Bonchev–Trinajstić information content (AvgIpc) is 3.04. The lowest BCUT2D eigenvalue weighted by Gasteiger charge is -2.21. The van der Waals surface area contributed by atoms with Gasteiger partial charge in [-0.1, -0.05) is 38.0 Å². The van der Waals surface area contributed by atoms with Crippen LogP contribution in [-0.4, -0.2) is 63.4 Å². The second-order valence-electron chi connectivity index (χ2n) is 8.41. The maximum absolute atomic E-state index is 13.1. The number of aryl methyl sites for hydroxylation is 1. The van der Waals surface area contributed by atoms with Crippen molar-refractivity contribution in [2.75, 3.05) is 27.2 Å². The van der Waals surface area contributed by atoms with E-state index in [1.165, 1.54) is 23.3 Å². The summed E-state index contributed by atoms with van der Waals surface area (Å²) in [6.07, 6.45) is 9.34. The first-order valence-corrected chi connectivity index (χ1v) is 11.5. The number of hydrogen-bond acceptors (Lipinski definition) is 3. The zero-order chi connectivity index (χ0) is 22.1. The molecule has 6 nitrogen and oxygen atoms in total. The Kier molecular flexibility index (Phi) is 6.14. The molecule has 4 rings (SSSR count). The molecule has 0 radical (unpaired) electrons. The van der Waals surface area contributed by atoms with Gasteiger partial charge in [-0.3, -0.25) is 14.5 Å². The Labute approximate surface area is 189 Å². The third-order valence-electron chi connectivity index (χ3n) is 6.41. The first-order valence-electron chi connectivity index (χ1n) is 11.1. The minimum absolute atomic E-state index is 0.110. The number of fused-ring (bicyclic) bond motifs is 1. The van der Waals surface area contributed by atoms with Crippen molar-refractivity contribution in [2.24, 2.45) is 0 Å². The molecule has 0 spiro atoms. The van der Waals surface area contributed by atoms with Crippen molar-refractivity contribution in [3.63, 3.8) is 0 Å². The minimum Gasteiger partial charge on any atom is -0.341 e. The number of thiocarbonyl (C=S) groups is 1. The molecule has 0 saturated carbocycles. The van der Waals surface area contributed by atoms with Gasteiger partial charge in [0.1, 0.15) is 12.2 Å². The normalized spacial score (nSPS) is 19.1. The lowest BCUT2D eigenvalue weighted by Crippen LogP contribution is -2.34. The molecule has 0 unspecified atom stereocenters. The molecule has 31 heavy (non-hydrogen) atoms. The van der Waals surface area contributed by atoms with Crippen molar-refractivity contribution in [1.29, 1.82) is 0 Å². The molecular formula is C24H30N4O2S. The van der Waals surface area contributed by atoms with Crippen LogP contribution in [0.15, 0.2) is 30.1 Å². The van der Waals surface area contributed by atoms with Crippen LogP contribution in [0.4, 0.5) is 0 Å². The van der Waals surface area contributed by atoms with E-state index in [0.717, 1.165) is 48.8 Å². The second-order valence-corrected chi connectivity index (χ2v) is 8.77. The molecule has 0 aliphatic carbocycles. The van der Waals surface area contributed by atoms with Gasteiger partial charge in [0.15, 0.2) is 5.11 Å². The fourth-order valence-corrected chi connectivity index (χ4v) is 4.77. The van der Waals surface area contributed by atoms with Crippen molar-refractivity contribution >= 4 is 46.1 Å². The first-order chi connectivity index (χ1) is 14.9. The van der Waals surface area contributed by atoms with Crippen LogP contribution in [0.1, 0.15) is 43.7 Å². The van der Waals surface area contributed by atoms with Gasteiger partial charge in [-0.2, -0.15) is 0 Å². The van der Waals surface area contributed by atoms with Crippen LogP contribution < -0.4 is 0 Å². The van der Waals surface area contributed by atoms with E-state index in [0.29, 0.717) is 17.4 Å². The summed E-state index contributed by atoms with van der Waals surface area (Å²) < 4.78 is 2.06. The van der Waals surface area contributed by atoms with E-state index in [1.807, 2.05) is 30.3 Å². The molecule has 7 heteroatoms. The van der Waals surface area contributed by atoms with Gasteiger partial charge in [-0.05, 0) is 43.1 Å². The number of para-hydroxylation sites is 1. The van der Waals surface area contributed by atoms with E-state index >= 15 is 0 Å². The lowest BCUT2D eigenvalue weighted by atomic mass is 10.1. The highest BCUT2D eigenvalue weighted by Gasteiger charge is 2.33. The van der Waals surface area contributed by atoms with E-state index in [-0.39, 0.29) is 11.8 Å². The monoisotopic (exact) mass is 438 g/mol. The highest BCUT2D eigenvalue weighted by atomic mass is 32.1. The molecule has 2 aliphatic heterocycles. The topological polar surface area (TPSA) is 48.8 Å². The number of benzene rings is 1. The molecule has 2 saturated heterocycles. The number of rotatable bonds is 4. The summed E-state index contributed by atoms with van der Waals surface area (Å²) in [5.41, 5.74) is 3.75. The number of hydrogen-bond donors (Lipinski definition) is 0. The summed E-state index contributed by atoms with van der Waals surface area (Å²) in [6, 6.07) is 6.22. The molecule has 1 aromatic carbocycles. The largest absolute Gasteiger partial charge is 0.341 e. The van der Waals surface area contributed by atoms with Crippen LogP contribution in [0.3, 0.4) is 0 Å². The zero-order valence-electron chi connectivity index (χ0n) is 18.6. The molecule has 0 bridgehead atoms. The van der Waals surface area contributed by atoms with Gasteiger partial charge >= 0.3 is 0 Å². The second kappa shape index (κ2) is 8.83. The Balaban J connectivity index is 1.75. The number of carbonyl (C=O) groups excluding carboxylic acids is 2. The number of carbonyl (C=O) groups is 2. The highest BCUT2D eigenvalue weighted by Crippen LogP contribution is 2.29. The first kappa shape index (κ1) is 21.6. The van der Waals surface area contributed by atoms with E-state index < -0.39 is 0 Å². The molecule has 1 aromatic heterocycles. The Morgan fingerprint density at radius 3 is 2.42 bits per heavy atom. The number of likely N-dealkylation sites (tertiary alicyclic amines) is 1. The zero-order valence-corrected chi connectivity index (χ0v) is 19.4. The fraction of sp³-hybridized carbons (Fsp3) is 0.458. The van der Waals surface area contributed by atoms with Crippen LogP contribution in [0.2, 0.25) is 0 Å². The Morgan fingerprint density at radius 2 is 1.81 bits per heavy atom. The SMILES string of the molecule is CCc1cccc2c(/C=C3/C(=O)N(C)C(=S)N3C)cn(CC(=O)N3CCCCCC3)c12. The summed E-state index contributed by atoms with van der Waals surface area (Å²) in [7, 11) is 3.51. The number of nitrogens with zero attached hydrogens (tertiary/aromatic N) is 4. The van der Waals surface area contributed by atoms with Gasteiger partial charge in [0.2, 0.25) is 5.91 Å². The molecular weight excluding hydrogens is 408 g/mol. The molecule has 0 atom stereocenters. The average molecular weight is 439 g/mol. The van der Waals surface area contributed by atoms with Gasteiger partial charge in [-0.25, -0.2) is 0 Å². The van der Waals surface area contributed by atoms with E-state index in [9.17, 15) is 9.59 Å². The van der Waals surface area contributed by atoms with E-state index in [4.69, 9.17) is 12.2 Å². The van der Waals surface area contributed by atoms with Crippen molar-refractivity contribution in [3.05, 3.63) is 41.2 Å². The molecule has 2 amide bonds. The maximum Gasteiger partial charge on any atom is 0.276 e. The molecule has 164 valence electrons. The summed E-state index contributed by atoms with van der Waals surface area (Å²) in [6.45, 7) is 4.14. The molecule has 3 heterocycles. The standard InChI is InChI=1S/C24H30N4O2S/c1-4-17-10-9-11-19-18(14-20-23(30)26(3)24(31)25(20)2)15-28(22(17)19)16-21(29)27-12-7-5-6-8-13-27/h9-11,14-15H,4-8,12-13,16H2,1-3H3/b20-14-. The summed E-state index contributed by atoms with van der Waals surface area (Å²) in [4.78, 5) is 31.0. The van der Waals surface area contributed by atoms with Crippen molar-refractivity contribution in [1.82, 2.24) is 19.3 Å². The van der Waals surface area contributed by atoms with Crippen LogP contribution in [-0.2, 0) is 22.6 Å². The number of amides is 2. The summed E-state index contributed by atoms with van der Waals surface area (Å²) >= 11 is 5.35. The summed E-state index contributed by atoms with van der Waals surface area (Å²) in [5.74, 6) is 0.0552. The predicted octanol–water partition coefficient (Wildman–Crippen LogP) is 3.64. The van der Waals surface area contributed by atoms with E-state index in [2.05, 4.69) is 23.6 Å². The number of likely N-dealkylation sites (N-methyl/N-ethyl adjacent to an activating group) is 2. The Hall–Kier alpha value is -2.67. The van der Waals surface area contributed by atoms with Gasteiger partial charge in [0.05, 0.1) is 5.52 Å². The molecule has 2 aliphatic rings. The van der Waals surface area contributed by atoms with Crippen LogP contribution in [0.25, 0.3) is 17.0 Å². The molecule has 2 fully saturated rings. The third kappa shape index (κ3) is 3.99.